The zero-order chi connectivity index (χ0) is 12.7. The van der Waals surface area contributed by atoms with E-state index >= 15 is 0 Å². The normalized spacial score (nSPS) is 22.7. The van der Waals surface area contributed by atoms with Crippen LogP contribution in [-0.2, 0) is 0 Å². The van der Waals surface area contributed by atoms with E-state index in [-0.39, 0.29) is 18.1 Å². The van der Waals surface area contributed by atoms with Crippen molar-refractivity contribution in [3.05, 3.63) is 29.1 Å². The Morgan fingerprint density at radius 3 is 2.78 bits per heavy atom. The minimum atomic E-state index is -0.268. The van der Waals surface area contributed by atoms with Crippen molar-refractivity contribution in [2.24, 2.45) is 0 Å². The molecule has 3 rings (SSSR count). The SMILES string of the molecule is Nc1c(C(=O)NC2CC(O)C2)sc2ccccc12. The topological polar surface area (TPSA) is 75.4 Å². The van der Waals surface area contributed by atoms with Crippen LogP contribution < -0.4 is 11.1 Å². The number of carbonyl (C=O) groups is 1. The Bertz CT molecular complexity index is 602. The summed E-state index contributed by atoms with van der Waals surface area (Å²) >= 11 is 1.41. The number of hydrogen-bond donors (Lipinski definition) is 3. The average Bonchev–Trinajstić information content (AvgIpc) is 2.66. The molecule has 1 aromatic carbocycles. The second-order valence-electron chi connectivity index (χ2n) is 4.64. The monoisotopic (exact) mass is 262 g/mol. The lowest BCUT2D eigenvalue weighted by Gasteiger charge is -2.31. The maximum absolute atomic E-state index is 12.1. The van der Waals surface area contributed by atoms with Gasteiger partial charge in [0.05, 0.1) is 11.8 Å². The van der Waals surface area contributed by atoms with Gasteiger partial charge in [-0.25, -0.2) is 0 Å². The molecule has 0 saturated heterocycles. The van der Waals surface area contributed by atoms with E-state index in [2.05, 4.69) is 5.32 Å². The highest BCUT2D eigenvalue weighted by Crippen LogP contribution is 2.33. The van der Waals surface area contributed by atoms with E-state index in [4.69, 9.17) is 5.73 Å². The van der Waals surface area contributed by atoms with Crippen LogP contribution in [-0.4, -0.2) is 23.2 Å². The van der Waals surface area contributed by atoms with Crippen LogP contribution in [0.2, 0.25) is 0 Å². The summed E-state index contributed by atoms with van der Waals surface area (Å²) in [5.74, 6) is -0.134. The number of hydrogen-bond acceptors (Lipinski definition) is 4. The van der Waals surface area contributed by atoms with Crippen LogP contribution in [0.4, 0.5) is 5.69 Å². The van der Waals surface area contributed by atoms with Crippen molar-refractivity contribution < 1.29 is 9.90 Å². The second-order valence-corrected chi connectivity index (χ2v) is 5.69. The number of aliphatic hydroxyl groups excluding tert-OH is 1. The number of nitrogens with two attached hydrogens (primary N) is 1. The molecule has 1 fully saturated rings. The van der Waals surface area contributed by atoms with E-state index in [1.54, 1.807) is 0 Å². The fourth-order valence-corrected chi connectivity index (χ4v) is 3.22. The molecule has 1 heterocycles. The predicted octanol–water partition coefficient (Wildman–Crippen LogP) is 1.74. The number of rotatable bonds is 2. The van der Waals surface area contributed by atoms with E-state index < -0.39 is 0 Å². The van der Waals surface area contributed by atoms with E-state index in [0.29, 0.717) is 23.4 Å². The molecule has 5 heteroatoms. The lowest BCUT2D eigenvalue weighted by atomic mass is 9.89. The van der Waals surface area contributed by atoms with Crippen molar-refractivity contribution in [1.29, 1.82) is 0 Å². The van der Waals surface area contributed by atoms with Crippen LogP contribution in [0.25, 0.3) is 10.1 Å². The lowest BCUT2D eigenvalue weighted by molar-refractivity contribution is 0.0565. The zero-order valence-corrected chi connectivity index (χ0v) is 10.5. The molecular weight excluding hydrogens is 248 g/mol. The number of aliphatic hydroxyl groups is 1. The molecule has 18 heavy (non-hydrogen) atoms. The molecule has 0 atom stereocenters. The van der Waals surface area contributed by atoms with Gasteiger partial charge in [-0.1, -0.05) is 18.2 Å². The molecule has 0 radical (unpaired) electrons. The first-order valence-corrected chi connectivity index (χ1v) is 6.72. The fraction of sp³-hybridized carbons (Fsp3) is 0.308. The van der Waals surface area contributed by atoms with Crippen molar-refractivity contribution >= 4 is 33.0 Å². The van der Waals surface area contributed by atoms with Gasteiger partial charge in [0.1, 0.15) is 4.88 Å². The van der Waals surface area contributed by atoms with Gasteiger partial charge >= 0.3 is 0 Å². The van der Waals surface area contributed by atoms with Gasteiger partial charge in [-0.15, -0.1) is 11.3 Å². The third kappa shape index (κ3) is 1.85. The Morgan fingerprint density at radius 2 is 2.11 bits per heavy atom. The molecular formula is C13H14N2O2S. The number of nitrogen functional groups attached to an aromatic ring is 1. The molecule has 2 aromatic rings. The molecule has 0 unspecified atom stereocenters. The smallest absolute Gasteiger partial charge is 0.263 e. The Balaban J connectivity index is 1.85. The van der Waals surface area contributed by atoms with Crippen LogP contribution in [0.1, 0.15) is 22.5 Å². The Kier molecular flexibility index (Phi) is 2.72. The second kappa shape index (κ2) is 4.26. The number of anilines is 1. The van der Waals surface area contributed by atoms with Crippen LogP contribution in [0.5, 0.6) is 0 Å². The molecule has 1 aliphatic carbocycles. The van der Waals surface area contributed by atoms with Crippen molar-refractivity contribution in [2.45, 2.75) is 25.0 Å². The van der Waals surface area contributed by atoms with Gasteiger partial charge in [0.2, 0.25) is 0 Å². The summed E-state index contributed by atoms with van der Waals surface area (Å²) in [6.45, 7) is 0. The molecule has 4 N–H and O–H groups in total. The summed E-state index contributed by atoms with van der Waals surface area (Å²) in [5.41, 5.74) is 6.55. The van der Waals surface area contributed by atoms with Crippen molar-refractivity contribution in [3.8, 4) is 0 Å². The minimum absolute atomic E-state index is 0.0807. The minimum Gasteiger partial charge on any atom is -0.397 e. The zero-order valence-electron chi connectivity index (χ0n) is 9.72. The van der Waals surface area contributed by atoms with Gasteiger partial charge in [0, 0.05) is 16.1 Å². The highest BCUT2D eigenvalue weighted by molar-refractivity contribution is 7.21. The molecule has 0 bridgehead atoms. The lowest BCUT2D eigenvalue weighted by Crippen LogP contribution is -2.46. The van der Waals surface area contributed by atoms with Gasteiger partial charge in [-0.05, 0) is 18.9 Å². The van der Waals surface area contributed by atoms with Gasteiger partial charge < -0.3 is 16.2 Å². The number of benzene rings is 1. The first-order valence-electron chi connectivity index (χ1n) is 5.91. The Morgan fingerprint density at radius 1 is 1.39 bits per heavy atom. The standard InChI is InChI=1S/C13H14N2O2S/c14-11-9-3-1-2-4-10(9)18-12(11)13(17)15-7-5-8(16)6-7/h1-4,7-8,16H,5-6,14H2,(H,15,17). The summed E-state index contributed by atoms with van der Waals surface area (Å²) in [5, 5.41) is 13.0. The Labute approximate surface area is 108 Å². The number of thiophene rings is 1. The van der Waals surface area contributed by atoms with Gasteiger partial charge in [-0.2, -0.15) is 0 Å². The molecule has 4 nitrogen and oxygen atoms in total. The van der Waals surface area contributed by atoms with Crippen LogP contribution in [0.3, 0.4) is 0 Å². The van der Waals surface area contributed by atoms with Crippen LogP contribution in [0, 0.1) is 0 Å². The quantitative estimate of drug-likeness (QED) is 0.771. The summed E-state index contributed by atoms with van der Waals surface area (Å²) < 4.78 is 1.02. The third-order valence-electron chi connectivity index (χ3n) is 3.29. The molecule has 94 valence electrons. The van der Waals surface area contributed by atoms with Gasteiger partial charge in [-0.3, -0.25) is 4.79 Å². The molecule has 0 spiro atoms. The number of amides is 1. The average molecular weight is 262 g/mol. The maximum Gasteiger partial charge on any atom is 0.263 e. The third-order valence-corrected chi connectivity index (χ3v) is 4.47. The number of carbonyl (C=O) groups excluding carboxylic acids is 1. The van der Waals surface area contributed by atoms with Crippen LogP contribution >= 0.6 is 11.3 Å². The highest BCUT2D eigenvalue weighted by atomic mass is 32.1. The van der Waals surface area contributed by atoms with Gasteiger partial charge in [0.25, 0.3) is 5.91 Å². The molecule has 1 aromatic heterocycles. The summed E-state index contributed by atoms with van der Waals surface area (Å²) in [7, 11) is 0. The summed E-state index contributed by atoms with van der Waals surface area (Å²) in [4.78, 5) is 12.6. The first-order chi connectivity index (χ1) is 8.65. The molecule has 0 aliphatic heterocycles. The van der Waals surface area contributed by atoms with Crippen LogP contribution in [0.15, 0.2) is 24.3 Å². The van der Waals surface area contributed by atoms with E-state index in [1.807, 2.05) is 24.3 Å². The van der Waals surface area contributed by atoms with Crippen molar-refractivity contribution in [2.75, 3.05) is 5.73 Å². The van der Waals surface area contributed by atoms with Crippen molar-refractivity contribution in [1.82, 2.24) is 5.32 Å². The largest absolute Gasteiger partial charge is 0.397 e. The summed E-state index contributed by atoms with van der Waals surface area (Å²) in [6.07, 6.45) is 1.00. The molecule has 1 saturated carbocycles. The fourth-order valence-electron chi connectivity index (χ4n) is 2.19. The molecule has 1 aliphatic rings. The summed E-state index contributed by atoms with van der Waals surface area (Å²) in [6, 6.07) is 7.81. The van der Waals surface area contributed by atoms with E-state index in [9.17, 15) is 9.90 Å². The maximum atomic E-state index is 12.1. The predicted molar refractivity (Wildman–Crippen MR) is 72.7 cm³/mol. The Hall–Kier alpha value is -1.59. The van der Waals surface area contributed by atoms with Gasteiger partial charge in [0.15, 0.2) is 0 Å². The van der Waals surface area contributed by atoms with E-state index in [0.717, 1.165) is 10.1 Å². The number of nitrogens with one attached hydrogen (secondary N) is 1. The number of fused-ring (bicyclic) bond motifs is 1. The first kappa shape index (κ1) is 11.5. The highest BCUT2D eigenvalue weighted by Gasteiger charge is 2.29. The van der Waals surface area contributed by atoms with E-state index in [1.165, 1.54) is 11.3 Å². The molecule has 1 amide bonds. The van der Waals surface area contributed by atoms with Crippen molar-refractivity contribution in [3.63, 3.8) is 0 Å².